The highest BCUT2D eigenvalue weighted by molar-refractivity contribution is 5.51. The summed E-state index contributed by atoms with van der Waals surface area (Å²) in [6.45, 7) is 6.31. The predicted octanol–water partition coefficient (Wildman–Crippen LogP) is 3.46. The van der Waals surface area contributed by atoms with Crippen LogP contribution in [0.3, 0.4) is 0 Å². The minimum atomic E-state index is 0.296. The van der Waals surface area contributed by atoms with E-state index in [9.17, 15) is 0 Å². The minimum absolute atomic E-state index is 0.296. The summed E-state index contributed by atoms with van der Waals surface area (Å²) in [5, 5.41) is 12.9. The van der Waals surface area contributed by atoms with Gasteiger partial charge in [-0.1, -0.05) is 32.3 Å². The van der Waals surface area contributed by atoms with Crippen LogP contribution in [0.5, 0.6) is 5.75 Å². The molecule has 1 aliphatic heterocycles. The fourth-order valence-electron chi connectivity index (χ4n) is 4.71. The lowest BCUT2D eigenvalue weighted by Gasteiger charge is -2.40. The smallest absolute Gasteiger partial charge is 0.168 e. The van der Waals surface area contributed by atoms with E-state index in [4.69, 9.17) is 4.74 Å². The molecular weight excluding hydrogens is 352 g/mol. The first-order chi connectivity index (χ1) is 13.8. The number of anilines is 1. The van der Waals surface area contributed by atoms with Gasteiger partial charge in [0.05, 0.1) is 19.2 Å². The van der Waals surface area contributed by atoms with Crippen LogP contribution in [0.2, 0.25) is 0 Å². The van der Waals surface area contributed by atoms with Crippen molar-refractivity contribution >= 4 is 5.69 Å². The standard InChI is InChI=1S/C21H32N6O/c1-3-20(21-22-23-24-27(21)17-8-5-4-6-9-17)26-14-12-25(13-15-26)18-10-7-11-19(16-18)28-2/h7,10-11,16-17,20H,3-6,8-9,12-15H2,1-2H3. The van der Waals surface area contributed by atoms with Crippen LogP contribution in [0.15, 0.2) is 24.3 Å². The highest BCUT2D eigenvalue weighted by Crippen LogP contribution is 2.32. The van der Waals surface area contributed by atoms with Gasteiger partial charge in [0, 0.05) is 37.9 Å². The zero-order chi connectivity index (χ0) is 19.3. The molecule has 7 nitrogen and oxygen atoms in total. The van der Waals surface area contributed by atoms with Crippen molar-refractivity contribution < 1.29 is 4.74 Å². The second-order valence-corrected chi connectivity index (χ2v) is 7.92. The molecule has 0 bridgehead atoms. The van der Waals surface area contributed by atoms with E-state index in [0.717, 1.165) is 44.2 Å². The van der Waals surface area contributed by atoms with Crippen LogP contribution in [0.4, 0.5) is 5.69 Å². The highest BCUT2D eigenvalue weighted by atomic mass is 16.5. The monoisotopic (exact) mass is 384 g/mol. The van der Waals surface area contributed by atoms with E-state index in [-0.39, 0.29) is 0 Å². The Labute approximate surface area is 167 Å². The number of aromatic nitrogens is 4. The molecule has 7 heteroatoms. The van der Waals surface area contributed by atoms with Gasteiger partial charge in [0.15, 0.2) is 5.82 Å². The third-order valence-corrected chi connectivity index (χ3v) is 6.30. The summed E-state index contributed by atoms with van der Waals surface area (Å²) in [4.78, 5) is 5.00. The topological polar surface area (TPSA) is 59.3 Å². The van der Waals surface area contributed by atoms with Crippen molar-refractivity contribution in [2.24, 2.45) is 0 Å². The number of hydrogen-bond acceptors (Lipinski definition) is 6. The molecule has 28 heavy (non-hydrogen) atoms. The molecule has 1 saturated carbocycles. The lowest BCUT2D eigenvalue weighted by atomic mass is 9.95. The van der Waals surface area contributed by atoms with E-state index in [1.165, 1.54) is 37.8 Å². The Morgan fingerprint density at radius 3 is 2.61 bits per heavy atom. The number of benzene rings is 1. The van der Waals surface area contributed by atoms with Gasteiger partial charge in [0.1, 0.15) is 5.75 Å². The normalized spacial score (nSPS) is 20.3. The first kappa shape index (κ1) is 19.2. The molecule has 2 aliphatic rings. The maximum atomic E-state index is 5.38. The molecule has 1 aliphatic carbocycles. The summed E-state index contributed by atoms with van der Waals surface area (Å²) in [5.41, 5.74) is 1.24. The van der Waals surface area contributed by atoms with Crippen LogP contribution in [-0.4, -0.2) is 58.4 Å². The molecule has 1 aromatic carbocycles. The van der Waals surface area contributed by atoms with Crippen molar-refractivity contribution in [1.29, 1.82) is 0 Å². The molecule has 0 spiro atoms. The molecule has 2 heterocycles. The van der Waals surface area contributed by atoms with Gasteiger partial charge in [-0.25, -0.2) is 4.68 Å². The maximum absolute atomic E-state index is 5.38. The summed E-state index contributed by atoms with van der Waals surface area (Å²) in [7, 11) is 1.72. The van der Waals surface area contributed by atoms with Crippen LogP contribution >= 0.6 is 0 Å². The van der Waals surface area contributed by atoms with Gasteiger partial charge < -0.3 is 9.64 Å². The molecule has 1 unspecified atom stereocenters. The van der Waals surface area contributed by atoms with Crippen molar-refractivity contribution in [2.75, 3.05) is 38.2 Å². The van der Waals surface area contributed by atoms with E-state index in [1.54, 1.807) is 7.11 Å². The molecule has 0 amide bonds. The van der Waals surface area contributed by atoms with Crippen molar-refractivity contribution in [3.63, 3.8) is 0 Å². The zero-order valence-electron chi connectivity index (χ0n) is 17.1. The fraction of sp³-hybridized carbons (Fsp3) is 0.667. The van der Waals surface area contributed by atoms with Gasteiger partial charge in [0.2, 0.25) is 0 Å². The Morgan fingerprint density at radius 2 is 1.89 bits per heavy atom. The van der Waals surface area contributed by atoms with Crippen molar-refractivity contribution in [2.45, 2.75) is 57.5 Å². The summed E-state index contributed by atoms with van der Waals surface area (Å²) in [5.74, 6) is 1.97. The summed E-state index contributed by atoms with van der Waals surface area (Å²) in [6.07, 6.45) is 7.37. The van der Waals surface area contributed by atoms with Crippen LogP contribution in [0.25, 0.3) is 0 Å². The predicted molar refractivity (Wildman–Crippen MR) is 110 cm³/mol. The van der Waals surface area contributed by atoms with Crippen LogP contribution < -0.4 is 9.64 Å². The van der Waals surface area contributed by atoms with Crippen LogP contribution in [0, 0.1) is 0 Å². The number of tetrazole rings is 1. The molecule has 0 radical (unpaired) electrons. The number of ether oxygens (including phenoxy) is 1. The second kappa shape index (κ2) is 8.90. The van der Waals surface area contributed by atoms with Gasteiger partial charge in [-0.3, -0.25) is 4.90 Å². The van der Waals surface area contributed by atoms with E-state index in [1.807, 2.05) is 6.07 Å². The summed E-state index contributed by atoms with van der Waals surface area (Å²) < 4.78 is 7.52. The zero-order valence-corrected chi connectivity index (χ0v) is 17.1. The molecular formula is C21H32N6O. The lowest BCUT2D eigenvalue weighted by molar-refractivity contribution is 0.163. The Bertz CT molecular complexity index is 749. The fourth-order valence-corrected chi connectivity index (χ4v) is 4.71. The average Bonchev–Trinajstić information content (AvgIpc) is 3.25. The molecule has 1 atom stereocenters. The molecule has 4 rings (SSSR count). The van der Waals surface area contributed by atoms with E-state index >= 15 is 0 Å². The Morgan fingerprint density at radius 1 is 1.11 bits per heavy atom. The first-order valence-corrected chi connectivity index (χ1v) is 10.7. The summed E-state index contributed by atoms with van der Waals surface area (Å²) in [6, 6.07) is 9.12. The molecule has 152 valence electrons. The van der Waals surface area contributed by atoms with Crippen molar-refractivity contribution in [1.82, 2.24) is 25.1 Å². The minimum Gasteiger partial charge on any atom is -0.497 e. The van der Waals surface area contributed by atoms with Crippen molar-refractivity contribution in [3.8, 4) is 5.75 Å². The van der Waals surface area contributed by atoms with E-state index < -0.39 is 0 Å². The van der Waals surface area contributed by atoms with Crippen LogP contribution in [0.1, 0.15) is 63.4 Å². The molecule has 1 aromatic heterocycles. The molecule has 2 aromatic rings. The Kier molecular flexibility index (Phi) is 6.10. The Hall–Kier alpha value is -2.15. The largest absolute Gasteiger partial charge is 0.497 e. The second-order valence-electron chi connectivity index (χ2n) is 7.92. The maximum Gasteiger partial charge on any atom is 0.168 e. The number of rotatable bonds is 6. The number of nitrogens with zero attached hydrogens (tertiary/aromatic N) is 6. The van der Waals surface area contributed by atoms with Crippen LogP contribution in [-0.2, 0) is 0 Å². The Balaban J connectivity index is 1.44. The molecule has 0 N–H and O–H groups in total. The average molecular weight is 385 g/mol. The number of piperazine rings is 1. The first-order valence-electron chi connectivity index (χ1n) is 10.7. The third kappa shape index (κ3) is 3.99. The number of methoxy groups -OCH3 is 1. The quantitative estimate of drug-likeness (QED) is 0.760. The van der Waals surface area contributed by atoms with E-state index in [0.29, 0.717) is 12.1 Å². The number of hydrogen-bond donors (Lipinski definition) is 0. The molecule has 1 saturated heterocycles. The van der Waals surface area contributed by atoms with Crippen molar-refractivity contribution in [3.05, 3.63) is 30.1 Å². The lowest BCUT2D eigenvalue weighted by Crippen LogP contribution is -2.48. The highest BCUT2D eigenvalue weighted by Gasteiger charge is 2.30. The van der Waals surface area contributed by atoms with Gasteiger partial charge in [-0.2, -0.15) is 0 Å². The molecule has 2 fully saturated rings. The SMILES string of the molecule is CCC(c1nnnn1C1CCCCC1)N1CCN(c2cccc(OC)c2)CC1. The van der Waals surface area contributed by atoms with Gasteiger partial charge in [-0.05, 0) is 41.8 Å². The third-order valence-electron chi connectivity index (χ3n) is 6.30. The van der Waals surface area contributed by atoms with Gasteiger partial charge in [0.25, 0.3) is 0 Å². The van der Waals surface area contributed by atoms with Gasteiger partial charge in [-0.15, -0.1) is 5.10 Å². The van der Waals surface area contributed by atoms with Gasteiger partial charge >= 0.3 is 0 Å². The summed E-state index contributed by atoms with van der Waals surface area (Å²) >= 11 is 0. The van der Waals surface area contributed by atoms with E-state index in [2.05, 4.69) is 55.1 Å².